The summed E-state index contributed by atoms with van der Waals surface area (Å²) >= 11 is 0. The van der Waals surface area contributed by atoms with Gasteiger partial charge >= 0.3 is 14.2 Å². The third-order valence-corrected chi connectivity index (χ3v) is 10.3. The first-order valence-electron chi connectivity index (χ1n) is 13.2. The van der Waals surface area contributed by atoms with Crippen LogP contribution < -0.4 is 10.9 Å². The summed E-state index contributed by atoms with van der Waals surface area (Å²) in [6.45, 7) is 22.6. The summed E-state index contributed by atoms with van der Waals surface area (Å²) in [6, 6.07) is 16.1. The predicted octanol–water partition coefficient (Wildman–Crippen LogP) is 4.57. The molecule has 0 spiro atoms. The molecular formula is C31H38B2O4Si. The Bertz CT molecular complexity index is 1190. The maximum absolute atomic E-state index is 6.15. The largest absolute Gasteiger partial charge is 0.494 e. The van der Waals surface area contributed by atoms with Crippen LogP contribution in [0.5, 0.6) is 0 Å². The van der Waals surface area contributed by atoms with Crippen molar-refractivity contribution in [2.45, 2.75) is 84.3 Å². The van der Waals surface area contributed by atoms with Gasteiger partial charge < -0.3 is 18.6 Å². The predicted molar refractivity (Wildman–Crippen MR) is 160 cm³/mol. The van der Waals surface area contributed by atoms with E-state index in [0.717, 1.165) is 22.1 Å². The summed E-state index contributed by atoms with van der Waals surface area (Å²) in [5.41, 5.74) is 11.1. The minimum absolute atomic E-state index is 0.363. The number of hydrogen-bond donors (Lipinski definition) is 0. The van der Waals surface area contributed by atoms with E-state index in [9.17, 15) is 0 Å². The SMILES string of the molecule is C=C[Si](C)(C#Cc1ccc(B2OC(C)(C)C(C)(C)O2)cc1)C#Cc1ccc(B2OC(C)(C)C(C)(C)O2)cc1. The lowest BCUT2D eigenvalue weighted by atomic mass is 9.79. The van der Waals surface area contributed by atoms with Crippen LogP contribution in [0, 0.1) is 22.9 Å². The van der Waals surface area contributed by atoms with Gasteiger partial charge in [-0.2, -0.15) is 0 Å². The first kappa shape index (κ1) is 28.5. The van der Waals surface area contributed by atoms with Crippen LogP contribution in [-0.2, 0) is 18.6 Å². The Morgan fingerprint density at radius 2 is 0.895 bits per heavy atom. The molecule has 196 valence electrons. The third-order valence-electron chi connectivity index (χ3n) is 8.21. The summed E-state index contributed by atoms with van der Waals surface area (Å²) < 4.78 is 24.6. The second kappa shape index (κ2) is 9.90. The molecule has 2 aliphatic heterocycles. The quantitative estimate of drug-likeness (QED) is 0.436. The smallest absolute Gasteiger partial charge is 0.399 e. The van der Waals surface area contributed by atoms with Crippen LogP contribution >= 0.6 is 0 Å². The van der Waals surface area contributed by atoms with Gasteiger partial charge in [-0.1, -0.05) is 41.8 Å². The van der Waals surface area contributed by atoms with Crippen LogP contribution in [0.4, 0.5) is 0 Å². The topological polar surface area (TPSA) is 36.9 Å². The van der Waals surface area contributed by atoms with Gasteiger partial charge in [0.2, 0.25) is 8.07 Å². The molecule has 2 aromatic carbocycles. The van der Waals surface area contributed by atoms with Crippen molar-refractivity contribution >= 4 is 33.2 Å². The Kier molecular flexibility index (Phi) is 7.43. The molecule has 0 saturated carbocycles. The summed E-state index contributed by atoms with van der Waals surface area (Å²) in [5, 5.41) is 0. The molecule has 2 heterocycles. The van der Waals surface area contributed by atoms with E-state index in [1.165, 1.54) is 0 Å². The molecule has 0 amide bonds. The zero-order valence-corrected chi connectivity index (χ0v) is 25.2. The van der Waals surface area contributed by atoms with E-state index >= 15 is 0 Å². The van der Waals surface area contributed by atoms with Crippen LogP contribution in [0.25, 0.3) is 0 Å². The monoisotopic (exact) mass is 524 g/mol. The lowest BCUT2D eigenvalue weighted by Crippen LogP contribution is -2.41. The second-order valence-corrected chi connectivity index (χ2v) is 15.6. The normalized spacial score (nSPS) is 20.8. The number of rotatable bonds is 3. The molecule has 2 aliphatic rings. The van der Waals surface area contributed by atoms with Gasteiger partial charge in [-0.15, -0.1) is 17.7 Å². The van der Waals surface area contributed by atoms with Crippen LogP contribution in [0.2, 0.25) is 6.55 Å². The molecule has 2 fully saturated rings. The van der Waals surface area contributed by atoms with E-state index < -0.39 is 8.07 Å². The second-order valence-electron chi connectivity index (χ2n) is 12.3. The lowest BCUT2D eigenvalue weighted by molar-refractivity contribution is 0.00578. The third kappa shape index (κ3) is 5.74. The van der Waals surface area contributed by atoms with Crippen molar-refractivity contribution in [2.24, 2.45) is 0 Å². The Morgan fingerprint density at radius 1 is 0.605 bits per heavy atom. The van der Waals surface area contributed by atoms with Crippen molar-refractivity contribution < 1.29 is 18.6 Å². The van der Waals surface area contributed by atoms with Gasteiger partial charge in [0.05, 0.1) is 22.4 Å². The Hall–Kier alpha value is -2.51. The highest BCUT2D eigenvalue weighted by molar-refractivity contribution is 6.97. The summed E-state index contributed by atoms with van der Waals surface area (Å²) in [4.78, 5) is 0. The van der Waals surface area contributed by atoms with Crippen molar-refractivity contribution in [2.75, 3.05) is 0 Å². The minimum Gasteiger partial charge on any atom is -0.399 e. The molecule has 0 unspecified atom stereocenters. The molecule has 0 aromatic heterocycles. The average Bonchev–Trinajstić information content (AvgIpc) is 3.21. The van der Waals surface area contributed by atoms with E-state index in [1.807, 2.05) is 54.2 Å². The molecule has 2 saturated heterocycles. The van der Waals surface area contributed by atoms with Crippen LogP contribution in [0.1, 0.15) is 66.5 Å². The standard InChI is InChI=1S/C31H38B2O4Si/c1-11-38(10,22-20-24-12-16-26(17-13-24)32-34-28(2,3)29(4,5)35-32)23-21-25-14-18-27(19-15-25)33-36-30(6,7)31(8,9)37-33/h11-19H,1H2,2-10H3. The van der Waals surface area contributed by atoms with Crippen molar-refractivity contribution in [1.82, 2.24) is 0 Å². The van der Waals surface area contributed by atoms with Crippen molar-refractivity contribution in [3.63, 3.8) is 0 Å². The minimum atomic E-state index is -2.30. The highest BCUT2D eigenvalue weighted by Gasteiger charge is 2.52. The fourth-order valence-corrected chi connectivity index (χ4v) is 5.02. The zero-order valence-electron chi connectivity index (χ0n) is 24.2. The van der Waals surface area contributed by atoms with E-state index in [4.69, 9.17) is 18.6 Å². The molecule has 2 aromatic rings. The first-order valence-corrected chi connectivity index (χ1v) is 15.8. The van der Waals surface area contributed by atoms with Crippen LogP contribution in [-0.4, -0.2) is 44.7 Å². The molecule has 0 N–H and O–H groups in total. The Balaban J connectivity index is 1.44. The molecule has 38 heavy (non-hydrogen) atoms. The van der Waals surface area contributed by atoms with Crippen molar-refractivity contribution in [3.05, 3.63) is 71.9 Å². The number of hydrogen-bond acceptors (Lipinski definition) is 4. The summed E-state index contributed by atoms with van der Waals surface area (Å²) in [6.07, 6.45) is 0. The Labute approximate surface area is 230 Å². The molecule has 0 radical (unpaired) electrons. The zero-order chi connectivity index (χ0) is 28.0. The number of benzene rings is 2. The van der Waals surface area contributed by atoms with Crippen LogP contribution in [0.15, 0.2) is 60.8 Å². The highest BCUT2D eigenvalue weighted by Crippen LogP contribution is 2.37. The summed E-state index contributed by atoms with van der Waals surface area (Å²) in [5.74, 6) is 6.62. The van der Waals surface area contributed by atoms with E-state index in [1.54, 1.807) is 0 Å². The maximum atomic E-state index is 6.15. The van der Waals surface area contributed by atoms with Gasteiger partial charge in [-0.05, 0) is 97.1 Å². The first-order chi connectivity index (χ1) is 17.6. The van der Waals surface area contributed by atoms with Crippen molar-refractivity contribution in [1.29, 1.82) is 0 Å². The van der Waals surface area contributed by atoms with Gasteiger partial charge in [0, 0.05) is 11.1 Å². The molecule has 7 heteroatoms. The van der Waals surface area contributed by atoms with Crippen molar-refractivity contribution in [3.8, 4) is 22.9 Å². The molecule has 4 rings (SSSR count). The van der Waals surface area contributed by atoms with Gasteiger partial charge in [-0.3, -0.25) is 0 Å². The molecular weight excluding hydrogens is 486 g/mol. The Morgan fingerprint density at radius 3 is 1.16 bits per heavy atom. The van der Waals surface area contributed by atoms with E-state index in [2.05, 4.69) is 91.4 Å². The molecule has 0 bridgehead atoms. The van der Waals surface area contributed by atoms with Gasteiger partial charge in [0.15, 0.2) is 0 Å². The maximum Gasteiger partial charge on any atom is 0.494 e. The molecule has 0 atom stereocenters. The molecule has 0 aliphatic carbocycles. The van der Waals surface area contributed by atoms with E-state index in [0.29, 0.717) is 0 Å². The van der Waals surface area contributed by atoms with Crippen LogP contribution in [0.3, 0.4) is 0 Å². The van der Waals surface area contributed by atoms with Gasteiger partial charge in [0.25, 0.3) is 0 Å². The fourth-order valence-electron chi connectivity index (χ4n) is 3.94. The van der Waals surface area contributed by atoms with Gasteiger partial charge in [0.1, 0.15) is 0 Å². The molecule has 4 nitrogen and oxygen atoms in total. The fraction of sp³-hybridized carbons (Fsp3) is 0.419. The van der Waals surface area contributed by atoms with E-state index in [-0.39, 0.29) is 36.6 Å². The summed E-state index contributed by atoms with van der Waals surface area (Å²) in [7, 11) is -3.06. The highest BCUT2D eigenvalue weighted by atomic mass is 28.3. The average molecular weight is 524 g/mol. The lowest BCUT2D eigenvalue weighted by Gasteiger charge is -2.32. The van der Waals surface area contributed by atoms with Gasteiger partial charge in [-0.25, -0.2) is 0 Å².